The molecule has 6 heteroatoms. The number of carbonyl (C=O) groups excluding carboxylic acids is 2. The first-order valence-corrected chi connectivity index (χ1v) is 6.89. The number of piperidine rings is 1. The van der Waals surface area contributed by atoms with Crippen LogP contribution < -0.4 is 11.1 Å². The number of nitrogens with zero attached hydrogens (tertiary/aromatic N) is 1. The summed E-state index contributed by atoms with van der Waals surface area (Å²) in [6.07, 6.45) is 2.35. The van der Waals surface area contributed by atoms with Gasteiger partial charge in [-0.2, -0.15) is 0 Å². The number of nitrogens with one attached hydrogen (secondary N) is 1. The van der Waals surface area contributed by atoms with Crippen molar-refractivity contribution >= 4 is 11.8 Å². The van der Waals surface area contributed by atoms with Crippen LogP contribution in [-0.2, 0) is 14.3 Å². The normalized spacial score (nSPS) is 18.2. The summed E-state index contributed by atoms with van der Waals surface area (Å²) >= 11 is 0. The molecule has 0 aromatic carbocycles. The van der Waals surface area contributed by atoms with Gasteiger partial charge in [0.25, 0.3) is 0 Å². The van der Waals surface area contributed by atoms with Crippen LogP contribution in [0.2, 0.25) is 0 Å². The molecular formula is C13H25N3O3. The molecule has 1 unspecified atom stereocenters. The molecule has 0 saturated carbocycles. The van der Waals surface area contributed by atoms with Crippen LogP contribution in [0.1, 0.15) is 26.2 Å². The fourth-order valence-electron chi connectivity index (χ4n) is 2.27. The van der Waals surface area contributed by atoms with Gasteiger partial charge in [-0.15, -0.1) is 0 Å². The molecule has 0 aromatic heterocycles. The zero-order valence-corrected chi connectivity index (χ0v) is 11.9. The maximum atomic E-state index is 11.9. The maximum absolute atomic E-state index is 11.9. The average Bonchev–Trinajstić information content (AvgIpc) is 2.41. The van der Waals surface area contributed by atoms with Crippen molar-refractivity contribution in [2.24, 2.45) is 11.7 Å². The second kappa shape index (κ2) is 8.12. The number of rotatable bonds is 6. The minimum Gasteiger partial charge on any atom is -0.375 e. The lowest BCUT2D eigenvalue weighted by molar-refractivity contribution is -0.136. The maximum Gasteiger partial charge on any atom is 0.248 e. The van der Waals surface area contributed by atoms with Crippen molar-refractivity contribution in [3.05, 3.63) is 0 Å². The molecule has 0 bridgehead atoms. The predicted octanol–water partition coefficient (Wildman–Crippen LogP) is -0.275. The van der Waals surface area contributed by atoms with Crippen molar-refractivity contribution in [1.82, 2.24) is 10.2 Å². The van der Waals surface area contributed by atoms with E-state index >= 15 is 0 Å². The number of carbonyl (C=O) groups is 2. The Morgan fingerprint density at radius 3 is 2.53 bits per heavy atom. The Labute approximate surface area is 114 Å². The van der Waals surface area contributed by atoms with E-state index in [1.54, 1.807) is 4.90 Å². The summed E-state index contributed by atoms with van der Waals surface area (Å²) in [5.41, 5.74) is 5.56. The molecular weight excluding hydrogens is 246 g/mol. The lowest BCUT2D eigenvalue weighted by Crippen LogP contribution is -2.49. The van der Waals surface area contributed by atoms with Gasteiger partial charge in [0, 0.05) is 38.7 Å². The summed E-state index contributed by atoms with van der Waals surface area (Å²) in [4.78, 5) is 25.3. The van der Waals surface area contributed by atoms with Gasteiger partial charge < -0.3 is 20.7 Å². The quantitative estimate of drug-likeness (QED) is 0.696. The van der Waals surface area contributed by atoms with E-state index in [-0.39, 0.29) is 30.4 Å². The number of nitrogens with two attached hydrogens (primary N) is 1. The predicted molar refractivity (Wildman–Crippen MR) is 72.5 cm³/mol. The Balaban J connectivity index is 2.34. The fourth-order valence-corrected chi connectivity index (χ4v) is 2.27. The number of hydrogen-bond acceptors (Lipinski definition) is 4. The van der Waals surface area contributed by atoms with Crippen molar-refractivity contribution < 1.29 is 14.3 Å². The molecule has 1 atom stereocenters. The molecule has 1 fully saturated rings. The smallest absolute Gasteiger partial charge is 0.248 e. The summed E-state index contributed by atoms with van der Waals surface area (Å²) in [6.45, 7) is 3.82. The minimum atomic E-state index is -0.104. The fraction of sp³-hybridized carbons (Fsp3) is 0.846. The Morgan fingerprint density at radius 2 is 2.05 bits per heavy atom. The van der Waals surface area contributed by atoms with Crippen molar-refractivity contribution in [2.45, 2.75) is 32.2 Å². The first-order valence-electron chi connectivity index (χ1n) is 6.89. The van der Waals surface area contributed by atoms with Crippen LogP contribution in [0.15, 0.2) is 0 Å². The Morgan fingerprint density at radius 1 is 1.42 bits per heavy atom. The SMILES string of the molecule is CCC(CN)C(=O)NC1CCN(C(=O)COC)CC1. The van der Waals surface area contributed by atoms with Crippen LogP contribution in [0.3, 0.4) is 0 Å². The highest BCUT2D eigenvalue weighted by Gasteiger charge is 2.25. The zero-order chi connectivity index (χ0) is 14.3. The third kappa shape index (κ3) is 4.80. The first kappa shape index (κ1) is 15.9. The number of amides is 2. The van der Waals surface area contributed by atoms with Crippen LogP contribution in [-0.4, -0.2) is 56.1 Å². The largest absolute Gasteiger partial charge is 0.375 e. The van der Waals surface area contributed by atoms with Crippen LogP contribution >= 0.6 is 0 Å². The van der Waals surface area contributed by atoms with Gasteiger partial charge in [0.05, 0.1) is 0 Å². The molecule has 110 valence electrons. The van der Waals surface area contributed by atoms with Crippen molar-refractivity contribution in [3.63, 3.8) is 0 Å². The summed E-state index contributed by atoms with van der Waals surface area (Å²) in [6, 6.07) is 0.152. The minimum absolute atomic E-state index is 0.0145. The number of hydrogen-bond donors (Lipinski definition) is 2. The third-order valence-corrected chi connectivity index (χ3v) is 3.61. The van der Waals surface area contributed by atoms with E-state index in [0.29, 0.717) is 19.6 Å². The summed E-state index contributed by atoms with van der Waals surface area (Å²) in [7, 11) is 1.52. The van der Waals surface area contributed by atoms with E-state index in [2.05, 4.69) is 5.32 Å². The van der Waals surface area contributed by atoms with Gasteiger partial charge in [0.2, 0.25) is 11.8 Å². The highest BCUT2D eigenvalue weighted by Crippen LogP contribution is 2.12. The van der Waals surface area contributed by atoms with Crippen LogP contribution in [0, 0.1) is 5.92 Å². The van der Waals surface area contributed by atoms with Crippen molar-refractivity contribution in [1.29, 1.82) is 0 Å². The van der Waals surface area contributed by atoms with Crippen LogP contribution in [0.5, 0.6) is 0 Å². The van der Waals surface area contributed by atoms with Crippen molar-refractivity contribution in [2.75, 3.05) is 33.4 Å². The van der Waals surface area contributed by atoms with Crippen LogP contribution in [0.25, 0.3) is 0 Å². The lowest BCUT2D eigenvalue weighted by atomic mass is 10.0. The van der Waals surface area contributed by atoms with E-state index in [1.165, 1.54) is 7.11 Å². The van der Waals surface area contributed by atoms with E-state index < -0.39 is 0 Å². The summed E-state index contributed by atoms with van der Waals surface area (Å²) in [5.74, 6) is -0.0551. The van der Waals surface area contributed by atoms with Crippen molar-refractivity contribution in [3.8, 4) is 0 Å². The van der Waals surface area contributed by atoms with Gasteiger partial charge >= 0.3 is 0 Å². The Bertz CT molecular complexity index is 298. The highest BCUT2D eigenvalue weighted by molar-refractivity contribution is 5.79. The van der Waals surface area contributed by atoms with E-state index in [1.807, 2.05) is 6.92 Å². The molecule has 1 saturated heterocycles. The molecule has 1 aliphatic heterocycles. The molecule has 1 aliphatic rings. The second-order valence-electron chi connectivity index (χ2n) is 4.94. The molecule has 0 aliphatic carbocycles. The van der Waals surface area contributed by atoms with Gasteiger partial charge in [-0.3, -0.25) is 9.59 Å². The Hall–Kier alpha value is -1.14. The highest BCUT2D eigenvalue weighted by atomic mass is 16.5. The molecule has 0 spiro atoms. The summed E-state index contributed by atoms with van der Waals surface area (Å²) < 4.78 is 4.83. The van der Waals surface area contributed by atoms with Gasteiger partial charge in [0.1, 0.15) is 6.61 Å². The number of likely N-dealkylation sites (tertiary alicyclic amines) is 1. The third-order valence-electron chi connectivity index (χ3n) is 3.61. The summed E-state index contributed by atoms with van der Waals surface area (Å²) in [5, 5.41) is 3.02. The molecule has 0 radical (unpaired) electrons. The topological polar surface area (TPSA) is 84.7 Å². The molecule has 1 heterocycles. The van der Waals surface area contributed by atoms with Gasteiger partial charge in [-0.25, -0.2) is 0 Å². The average molecular weight is 271 g/mol. The Kier molecular flexibility index (Phi) is 6.80. The van der Waals surface area contributed by atoms with E-state index in [4.69, 9.17) is 10.5 Å². The zero-order valence-electron chi connectivity index (χ0n) is 11.9. The number of methoxy groups -OCH3 is 1. The molecule has 6 nitrogen and oxygen atoms in total. The molecule has 19 heavy (non-hydrogen) atoms. The van der Waals surface area contributed by atoms with E-state index in [0.717, 1.165) is 19.3 Å². The first-order chi connectivity index (χ1) is 9.12. The van der Waals surface area contributed by atoms with Gasteiger partial charge in [0.15, 0.2) is 0 Å². The van der Waals surface area contributed by atoms with Gasteiger partial charge in [-0.05, 0) is 19.3 Å². The second-order valence-corrected chi connectivity index (χ2v) is 4.94. The van der Waals surface area contributed by atoms with Gasteiger partial charge in [-0.1, -0.05) is 6.92 Å². The van der Waals surface area contributed by atoms with Crippen LogP contribution in [0.4, 0.5) is 0 Å². The molecule has 1 rings (SSSR count). The molecule has 0 aromatic rings. The number of ether oxygens (including phenoxy) is 1. The monoisotopic (exact) mass is 271 g/mol. The molecule has 3 N–H and O–H groups in total. The lowest BCUT2D eigenvalue weighted by Gasteiger charge is -2.32. The molecule has 2 amide bonds. The standard InChI is InChI=1S/C13H25N3O3/c1-3-10(8-14)13(18)15-11-4-6-16(7-5-11)12(17)9-19-2/h10-11H,3-9,14H2,1-2H3,(H,15,18). The van der Waals surface area contributed by atoms with E-state index in [9.17, 15) is 9.59 Å².